The zero-order valence-corrected chi connectivity index (χ0v) is 13.9. The molecule has 0 fully saturated rings. The van der Waals surface area contributed by atoms with Crippen LogP contribution in [0.2, 0.25) is 0 Å². The Morgan fingerprint density at radius 3 is 2.40 bits per heavy atom. The molecular weight excluding hydrogens is 336 g/mol. The van der Waals surface area contributed by atoms with Crippen LogP contribution in [0.4, 0.5) is 10.5 Å². The van der Waals surface area contributed by atoms with Crippen LogP contribution in [0.25, 0.3) is 0 Å². The number of aromatic carboxylic acids is 1. The summed E-state index contributed by atoms with van der Waals surface area (Å²) in [7, 11) is 0. The summed E-state index contributed by atoms with van der Waals surface area (Å²) >= 11 is 0. The molecular formula is C15H20N2O8. The summed E-state index contributed by atoms with van der Waals surface area (Å²) in [6.07, 6.45) is -4.45. The first-order chi connectivity index (χ1) is 11.4. The van der Waals surface area contributed by atoms with E-state index in [-0.39, 0.29) is 0 Å². The highest BCUT2D eigenvalue weighted by molar-refractivity contribution is 5.91. The monoisotopic (exact) mass is 356 g/mol. The fraction of sp³-hybridized carbons (Fsp3) is 0.467. The van der Waals surface area contributed by atoms with Gasteiger partial charge in [-0.3, -0.25) is 10.1 Å². The summed E-state index contributed by atoms with van der Waals surface area (Å²) in [5.41, 5.74) is -2.48. The van der Waals surface area contributed by atoms with Crippen molar-refractivity contribution in [2.24, 2.45) is 0 Å². The molecule has 0 bridgehead atoms. The molecule has 25 heavy (non-hydrogen) atoms. The number of nitrogens with zero attached hydrogens (tertiary/aromatic N) is 1. The van der Waals surface area contributed by atoms with Gasteiger partial charge in [-0.2, -0.15) is 0 Å². The number of nitrogens with one attached hydrogen (secondary N) is 1. The number of hydrogen-bond acceptors (Lipinski definition) is 7. The van der Waals surface area contributed by atoms with Crippen LogP contribution in [-0.2, 0) is 4.74 Å². The molecule has 1 rings (SSSR count). The van der Waals surface area contributed by atoms with E-state index in [0.29, 0.717) is 0 Å². The van der Waals surface area contributed by atoms with Gasteiger partial charge in [0.25, 0.3) is 5.69 Å². The van der Waals surface area contributed by atoms with Crippen molar-refractivity contribution in [2.75, 3.05) is 6.54 Å². The lowest BCUT2D eigenvalue weighted by Crippen LogP contribution is -2.39. The number of carboxylic acid groups (broad SMARTS) is 1. The van der Waals surface area contributed by atoms with Crippen molar-refractivity contribution in [3.05, 3.63) is 39.4 Å². The van der Waals surface area contributed by atoms with Gasteiger partial charge >= 0.3 is 12.1 Å². The minimum Gasteiger partial charge on any atom is -0.478 e. The number of benzene rings is 1. The normalized spacial score (nSPS) is 13.6. The lowest BCUT2D eigenvalue weighted by atomic mass is 9.96. The third-order valence-corrected chi connectivity index (χ3v) is 3.02. The first-order valence-electron chi connectivity index (χ1n) is 7.27. The fourth-order valence-electron chi connectivity index (χ4n) is 2.02. The van der Waals surface area contributed by atoms with Gasteiger partial charge in [0.2, 0.25) is 0 Å². The zero-order valence-electron chi connectivity index (χ0n) is 13.9. The fourth-order valence-corrected chi connectivity index (χ4v) is 2.02. The summed E-state index contributed by atoms with van der Waals surface area (Å²) in [4.78, 5) is 33.0. The number of nitro groups is 1. The van der Waals surface area contributed by atoms with Gasteiger partial charge in [0.15, 0.2) is 0 Å². The van der Waals surface area contributed by atoms with Crippen molar-refractivity contribution in [3.8, 4) is 0 Å². The van der Waals surface area contributed by atoms with E-state index < -0.39 is 58.2 Å². The van der Waals surface area contributed by atoms with E-state index in [4.69, 9.17) is 9.84 Å². The quantitative estimate of drug-likeness (QED) is 0.437. The van der Waals surface area contributed by atoms with Crippen LogP contribution in [0.15, 0.2) is 18.2 Å². The molecule has 0 heterocycles. The highest BCUT2D eigenvalue weighted by Gasteiger charge is 2.31. The number of carbonyl (C=O) groups is 2. The van der Waals surface area contributed by atoms with E-state index in [1.54, 1.807) is 20.8 Å². The maximum absolute atomic E-state index is 11.5. The summed E-state index contributed by atoms with van der Waals surface area (Å²) in [5.74, 6) is -1.50. The molecule has 0 aliphatic heterocycles. The summed E-state index contributed by atoms with van der Waals surface area (Å²) in [5, 5.41) is 42.6. The molecule has 1 amide bonds. The smallest absolute Gasteiger partial charge is 0.407 e. The number of rotatable bonds is 6. The SMILES string of the molecule is CC(C)(C)OC(=O)NCC(O)C(O)c1c(C(=O)O)cccc1[N+](=O)[O-]. The molecule has 1 aromatic carbocycles. The number of carboxylic acids is 1. The molecule has 10 heteroatoms. The minimum atomic E-state index is -1.90. The van der Waals surface area contributed by atoms with E-state index >= 15 is 0 Å². The van der Waals surface area contributed by atoms with Gasteiger partial charge in [-0.25, -0.2) is 9.59 Å². The molecule has 0 aliphatic rings. The topological polar surface area (TPSA) is 159 Å². The average Bonchev–Trinajstić information content (AvgIpc) is 2.49. The van der Waals surface area contributed by atoms with Crippen LogP contribution in [-0.4, -0.2) is 50.6 Å². The van der Waals surface area contributed by atoms with Crippen molar-refractivity contribution in [2.45, 2.75) is 38.6 Å². The van der Waals surface area contributed by atoms with Crippen LogP contribution >= 0.6 is 0 Å². The molecule has 4 N–H and O–H groups in total. The summed E-state index contributed by atoms with van der Waals surface area (Å²) in [6, 6.07) is 3.24. The Balaban J connectivity index is 2.99. The number of aliphatic hydroxyl groups excluding tert-OH is 2. The second kappa shape index (κ2) is 7.90. The predicted molar refractivity (Wildman–Crippen MR) is 85.3 cm³/mol. The van der Waals surface area contributed by atoms with Crippen LogP contribution < -0.4 is 5.32 Å². The Bertz CT molecular complexity index is 636. The van der Waals surface area contributed by atoms with Gasteiger partial charge in [0.05, 0.1) is 16.1 Å². The molecule has 138 valence electrons. The molecule has 2 atom stereocenters. The molecule has 1 aromatic rings. The van der Waals surface area contributed by atoms with Crippen LogP contribution in [0, 0.1) is 10.1 Å². The van der Waals surface area contributed by atoms with Crippen molar-refractivity contribution >= 4 is 17.7 Å². The second-order valence-electron chi connectivity index (χ2n) is 6.20. The number of amides is 1. The number of aliphatic hydroxyl groups is 2. The van der Waals surface area contributed by atoms with Crippen LogP contribution in [0.5, 0.6) is 0 Å². The van der Waals surface area contributed by atoms with Gasteiger partial charge in [-0.15, -0.1) is 0 Å². The molecule has 0 saturated heterocycles. The molecule has 0 aliphatic carbocycles. The largest absolute Gasteiger partial charge is 0.478 e. The Morgan fingerprint density at radius 1 is 1.32 bits per heavy atom. The van der Waals surface area contributed by atoms with E-state index in [1.807, 2.05) is 0 Å². The Labute approximate surface area is 143 Å². The van der Waals surface area contributed by atoms with Crippen LogP contribution in [0.3, 0.4) is 0 Å². The van der Waals surface area contributed by atoms with Gasteiger partial charge < -0.3 is 25.4 Å². The zero-order chi connectivity index (χ0) is 19.4. The van der Waals surface area contributed by atoms with Gasteiger partial charge in [-0.1, -0.05) is 6.07 Å². The number of carbonyl (C=O) groups excluding carboxylic acids is 1. The first-order valence-corrected chi connectivity index (χ1v) is 7.27. The third-order valence-electron chi connectivity index (χ3n) is 3.02. The minimum absolute atomic E-state index is 0.499. The number of ether oxygens (including phenoxy) is 1. The van der Waals surface area contributed by atoms with Crippen molar-refractivity contribution in [1.29, 1.82) is 0 Å². The maximum atomic E-state index is 11.5. The number of nitro benzene ring substituents is 1. The second-order valence-corrected chi connectivity index (χ2v) is 6.20. The molecule has 10 nitrogen and oxygen atoms in total. The third kappa shape index (κ3) is 5.69. The lowest BCUT2D eigenvalue weighted by Gasteiger charge is -2.22. The van der Waals surface area contributed by atoms with Gasteiger partial charge in [0, 0.05) is 12.6 Å². The Kier molecular flexibility index (Phi) is 6.42. The lowest BCUT2D eigenvalue weighted by molar-refractivity contribution is -0.386. The molecule has 0 radical (unpaired) electrons. The highest BCUT2D eigenvalue weighted by Crippen LogP contribution is 2.30. The van der Waals surface area contributed by atoms with Crippen LogP contribution in [0.1, 0.15) is 42.8 Å². The highest BCUT2D eigenvalue weighted by atomic mass is 16.6. The molecule has 2 unspecified atom stereocenters. The van der Waals surface area contributed by atoms with Gasteiger partial charge in [-0.05, 0) is 26.8 Å². The number of alkyl carbamates (subject to hydrolysis) is 1. The Morgan fingerprint density at radius 2 is 1.92 bits per heavy atom. The average molecular weight is 356 g/mol. The van der Waals surface area contributed by atoms with Crippen molar-refractivity contribution in [3.63, 3.8) is 0 Å². The first kappa shape index (κ1) is 20.3. The summed E-state index contributed by atoms with van der Waals surface area (Å²) < 4.78 is 4.95. The predicted octanol–water partition coefficient (Wildman–Crippen LogP) is 1.21. The maximum Gasteiger partial charge on any atom is 0.407 e. The number of hydrogen-bond donors (Lipinski definition) is 4. The van der Waals surface area contributed by atoms with Gasteiger partial charge in [0.1, 0.15) is 17.8 Å². The molecule has 0 saturated carbocycles. The van der Waals surface area contributed by atoms with E-state index in [1.165, 1.54) is 0 Å². The molecule has 0 aromatic heterocycles. The van der Waals surface area contributed by atoms with E-state index in [0.717, 1.165) is 18.2 Å². The van der Waals surface area contributed by atoms with Crippen molar-refractivity contribution < 1.29 is 34.6 Å². The standard InChI is InChI=1S/C15H20N2O8/c1-15(2,3)25-14(22)16-7-10(18)12(19)11-8(13(20)21)5-4-6-9(11)17(23)24/h4-6,10,12,18-19H,7H2,1-3H3,(H,16,22)(H,20,21). The van der Waals surface area contributed by atoms with E-state index in [2.05, 4.69) is 5.32 Å². The van der Waals surface area contributed by atoms with E-state index in [9.17, 15) is 29.9 Å². The molecule has 0 spiro atoms. The Hall–Kier alpha value is -2.72. The summed E-state index contributed by atoms with van der Waals surface area (Å²) in [6.45, 7) is 4.39. The van der Waals surface area contributed by atoms with Crippen molar-refractivity contribution in [1.82, 2.24) is 5.32 Å².